The van der Waals surface area contributed by atoms with Crippen molar-refractivity contribution < 1.29 is 9.53 Å². The molecule has 4 heteroatoms. The first-order valence-electron chi connectivity index (χ1n) is 9.40. The molecule has 2 aliphatic heterocycles. The lowest BCUT2D eigenvalue weighted by atomic mass is 9.96. The van der Waals surface area contributed by atoms with E-state index in [0.29, 0.717) is 12.5 Å². The SMILES string of the molecule is CC1(C)Cc2cc(CNC(=O)c3cccc(C4CCNC4)c3)ccc2O1. The Hall–Kier alpha value is -2.33. The summed E-state index contributed by atoms with van der Waals surface area (Å²) in [6, 6.07) is 14.2. The van der Waals surface area contributed by atoms with E-state index in [4.69, 9.17) is 4.74 Å². The van der Waals surface area contributed by atoms with Gasteiger partial charge in [-0.25, -0.2) is 0 Å². The minimum absolute atomic E-state index is 0.0186. The summed E-state index contributed by atoms with van der Waals surface area (Å²) in [5, 5.41) is 6.43. The van der Waals surface area contributed by atoms with Crippen molar-refractivity contribution >= 4 is 5.91 Å². The summed E-state index contributed by atoms with van der Waals surface area (Å²) in [4.78, 5) is 12.6. The van der Waals surface area contributed by atoms with E-state index in [0.717, 1.165) is 42.8 Å². The van der Waals surface area contributed by atoms with Gasteiger partial charge in [-0.15, -0.1) is 0 Å². The number of carbonyl (C=O) groups excluding carboxylic acids is 1. The number of hydrogen-bond acceptors (Lipinski definition) is 3. The lowest BCUT2D eigenvalue weighted by Gasteiger charge is -2.16. The Labute approximate surface area is 155 Å². The lowest BCUT2D eigenvalue weighted by molar-refractivity contribution is 0.0950. The monoisotopic (exact) mass is 350 g/mol. The molecule has 1 atom stereocenters. The summed E-state index contributed by atoms with van der Waals surface area (Å²) >= 11 is 0. The van der Waals surface area contributed by atoms with Crippen LogP contribution < -0.4 is 15.4 Å². The molecule has 1 fully saturated rings. The second-order valence-corrected chi connectivity index (χ2v) is 7.98. The predicted octanol–water partition coefficient (Wildman–Crippen LogP) is 3.41. The summed E-state index contributed by atoms with van der Waals surface area (Å²) in [5.41, 5.74) is 4.17. The first-order valence-corrected chi connectivity index (χ1v) is 9.40. The highest BCUT2D eigenvalue weighted by molar-refractivity contribution is 5.94. The minimum atomic E-state index is -0.139. The highest BCUT2D eigenvalue weighted by atomic mass is 16.5. The van der Waals surface area contributed by atoms with Crippen LogP contribution in [0.15, 0.2) is 42.5 Å². The first kappa shape index (κ1) is 17.1. The van der Waals surface area contributed by atoms with Gasteiger partial charge < -0.3 is 15.4 Å². The van der Waals surface area contributed by atoms with Gasteiger partial charge in [-0.1, -0.05) is 24.3 Å². The van der Waals surface area contributed by atoms with Crippen LogP contribution in [0.5, 0.6) is 5.75 Å². The Kier molecular flexibility index (Phi) is 4.45. The molecule has 4 nitrogen and oxygen atoms in total. The maximum Gasteiger partial charge on any atom is 0.251 e. The number of nitrogens with one attached hydrogen (secondary N) is 2. The summed E-state index contributed by atoms with van der Waals surface area (Å²) in [6.45, 7) is 6.78. The molecule has 2 aromatic rings. The van der Waals surface area contributed by atoms with E-state index in [2.05, 4.69) is 36.6 Å². The molecule has 2 heterocycles. The summed E-state index contributed by atoms with van der Waals surface area (Å²) in [5.74, 6) is 1.46. The van der Waals surface area contributed by atoms with Gasteiger partial charge in [0.2, 0.25) is 0 Å². The van der Waals surface area contributed by atoms with Gasteiger partial charge in [0.25, 0.3) is 5.91 Å². The van der Waals surface area contributed by atoms with E-state index in [1.807, 2.05) is 30.3 Å². The Morgan fingerprint density at radius 2 is 2.15 bits per heavy atom. The van der Waals surface area contributed by atoms with Gasteiger partial charge in [0.05, 0.1) is 0 Å². The molecule has 2 N–H and O–H groups in total. The average Bonchev–Trinajstić information content (AvgIpc) is 3.25. The Morgan fingerprint density at radius 1 is 1.27 bits per heavy atom. The van der Waals surface area contributed by atoms with Crippen molar-refractivity contribution in [3.8, 4) is 5.75 Å². The molecule has 1 amide bonds. The number of fused-ring (bicyclic) bond motifs is 1. The largest absolute Gasteiger partial charge is 0.487 e. The fraction of sp³-hybridized carbons (Fsp3) is 0.409. The standard InChI is InChI=1S/C22H26N2O2/c1-22(2)12-19-10-15(6-7-20(19)26-22)13-24-21(25)17-5-3-4-16(11-17)18-8-9-23-14-18/h3-7,10-11,18,23H,8-9,12-14H2,1-2H3,(H,24,25). The Bertz CT molecular complexity index is 823. The number of hydrogen-bond donors (Lipinski definition) is 2. The Balaban J connectivity index is 1.41. The third-order valence-electron chi connectivity index (χ3n) is 5.26. The molecule has 2 aliphatic rings. The van der Waals surface area contributed by atoms with E-state index in [1.54, 1.807) is 0 Å². The molecule has 0 aromatic heterocycles. The van der Waals surface area contributed by atoms with Crippen molar-refractivity contribution in [3.05, 3.63) is 64.7 Å². The summed E-state index contributed by atoms with van der Waals surface area (Å²) in [6.07, 6.45) is 2.04. The van der Waals surface area contributed by atoms with Crippen LogP contribution in [-0.4, -0.2) is 24.6 Å². The highest BCUT2D eigenvalue weighted by Gasteiger charge is 2.29. The summed E-state index contributed by atoms with van der Waals surface area (Å²) in [7, 11) is 0. The van der Waals surface area contributed by atoms with Gasteiger partial charge in [-0.05, 0) is 67.6 Å². The number of rotatable bonds is 4. The van der Waals surface area contributed by atoms with Crippen molar-refractivity contribution in [1.82, 2.24) is 10.6 Å². The maximum absolute atomic E-state index is 12.6. The predicted molar refractivity (Wildman–Crippen MR) is 103 cm³/mol. The van der Waals surface area contributed by atoms with E-state index < -0.39 is 0 Å². The van der Waals surface area contributed by atoms with Crippen LogP contribution in [0.3, 0.4) is 0 Å². The van der Waals surface area contributed by atoms with E-state index in [1.165, 1.54) is 11.1 Å². The van der Waals surface area contributed by atoms with E-state index >= 15 is 0 Å². The fourth-order valence-electron chi connectivity index (χ4n) is 3.93. The number of carbonyl (C=O) groups is 1. The van der Waals surface area contributed by atoms with Crippen LogP contribution in [0.2, 0.25) is 0 Å². The van der Waals surface area contributed by atoms with Gasteiger partial charge >= 0.3 is 0 Å². The molecule has 0 bridgehead atoms. The molecular formula is C22H26N2O2. The zero-order valence-electron chi connectivity index (χ0n) is 15.5. The molecule has 26 heavy (non-hydrogen) atoms. The maximum atomic E-state index is 12.6. The first-order chi connectivity index (χ1) is 12.5. The number of ether oxygens (including phenoxy) is 1. The van der Waals surface area contributed by atoms with E-state index in [-0.39, 0.29) is 11.5 Å². The van der Waals surface area contributed by atoms with Crippen molar-refractivity contribution in [2.45, 2.75) is 44.8 Å². The van der Waals surface area contributed by atoms with Gasteiger partial charge in [0.1, 0.15) is 11.4 Å². The molecule has 0 spiro atoms. The summed E-state index contributed by atoms with van der Waals surface area (Å²) < 4.78 is 5.91. The minimum Gasteiger partial charge on any atom is -0.487 e. The number of benzene rings is 2. The molecule has 1 unspecified atom stereocenters. The molecule has 0 radical (unpaired) electrons. The molecule has 0 saturated carbocycles. The molecule has 0 aliphatic carbocycles. The highest BCUT2D eigenvalue weighted by Crippen LogP contribution is 2.35. The fourth-order valence-corrected chi connectivity index (χ4v) is 3.93. The van der Waals surface area contributed by atoms with Gasteiger partial charge in [0.15, 0.2) is 0 Å². The third-order valence-corrected chi connectivity index (χ3v) is 5.26. The molecule has 4 rings (SSSR count). The Morgan fingerprint density at radius 3 is 2.96 bits per heavy atom. The zero-order chi connectivity index (χ0) is 18.1. The topological polar surface area (TPSA) is 50.4 Å². The van der Waals surface area contributed by atoms with E-state index in [9.17, 15) is 4.79 Å². The van der Waals surface area contributed by atoms with Crippen molar-refractivity contribution in [1.29, 1.82) is 0 Å². The van der Waals surface area contributed by atoms with Gasteiger partial charge in [0, 0.05) is 25.1 Å². The molecular weight excluding hydrogens is 324 g/mol. The molecule has 1 saturated heterocycles. The zero-order valence-corrected chi connectivity index (χ0v) is 15.5. The normalized spacial score (nSPS) is 20.5. The van der Waals surface area contributed by atoms with Crippen LogP contribution in [0.1, 0.15) is 53.2 Å². The van der Waals surface area contributed by atoms with Crippen LogP contribution in [0.4, 0.5) is 0 Å². The van der Waals surface area contributed by atoms with Gasteiger partial charge in [-0.3, -0.25) is 4.79 Å². The van der Waals surface area contributed by atoms with Crippen molar-refractivity contribution in [3.63, 3.8) is 0 Å². The average molecular weight is 350 g/mol. The van der Waals surface area contributed by atoms with Crippen molar-refractivity contribution in [2.24, 2.45) is 0 Å². The van der Waals surface area contributed by atoms with Crippen LogP contribution in [0.25, 0.3) is 0 Å². The van der Waals surface area contributed by atoms with Crippen molar-refractivity contribution in [2.75, 3.05) is 13.1 Å². The smallest absolute Gasteiger partial charge is 0.251 e. The molecule has 2 aromatic carbocycles. The van der Waals surface area contributed by atoms with Crippen LogP contribution in [-0.2, 0) is 13.0 Å². The van der Waals surface area contributed by atoms with Crippen LogP contribution in [0, 0.1) is 0 Å². The lowest BCUT2D eigenvalue weighted by Crippen LogP contribution is -2.24. The second-order valence-electron chi connectivity index (χ2n) is 7.98. The van der Waals surface area contributed by atoms with Gasteiger partial charge in [-0.2, -0.15) is 0 Å². The number of amides is 1. The second kappa shape index (κ2) is 6.76. The third kappa shape index (κ3) is 3.61. The van der Waals surface area contributed by atoms with Crippen LogP contribution >= 0.6 is 0 Å². The quantitative estimate of drug-likeness (QED) is 0.888. The molecule has 136 valence electrons.